The number of hydrogen-bond donors (Lipinski definition) is 1. The van der Waals surface area contributed by atoms with Crippen LogP contribution in [0.1, 0.15) is 24.1 Å². The summed E-state index contributed by atoms with van der Waals surface area (Å²) in [5, 5.41) is 0. The number of aromatic nitrogens is 1. The molecule has 0 aliphatic carbocycles. The van der Waals surface area contributed by atoms with Gasteiger partial charge in [0, 0.05) is 17.1 Å². The minimum Gasteiger partial charge on any atom is -0.469 e. The van der Waals surface area contributed by atoms with Crippen molar-refractivity contribution in [1.29, 1.82) is 0 Å². The van der Waals surface area contributed by atoms with Crippen molar-refractivity contribution in [2.45, 2.75) is 26.2 Å². The fourth-order valence-corrected chi connectivity index (χ4v) is 1.66. The van der Waals surface area contributed by atoms with Crippen molar-refractivity contribution < 1.29 is 9.53 Å². The van der Waals surface area contributed by atoms with E-state index in [0.717, 1.165) is 15.7 Å². The second-order valence-corrected chi connectivity index (χ2v) is 4.38. The molecule has 0 unspecified atom stereocenters. The second kappa shape index (κ2) is 5.84. The highest BCUT2D eigenvalue weighted by atomic mass is 79.9. The van der Waals surface area contributed by atoms with E-state index >= 15 is 0 Å². The van der Waals surface area contributed by atoms with Gasteiger partial charge in [-0.25, -0.2) is 0 Å². The third-order valence-corrected chi connectivity index (χ3v) is 3.23. The smallest absolute Gasteiger partial charge is 0.305 e. The number of hydrogen-bond acceptors (Lipinski definition) is 4. The van der Waals surface area contributed by atoms with Gasteiger partial charge in [0.2, 0.25) is 0 Å². The van der Waals surface area contributed by atoms with Crippen LogP contribution in [-0.4, -0.2) is 18.1 Å². The molecule has 16 heavy (non-hydrogen) atoms. The Kier molecular flexibility index (Phi) is 4.73. The summed E-state index contributed by atoms with van der Waals surface area (Å²) in [5.74, 6) is -0.201. The van der Waals surface area contributed by atoms with E-state index in [1.54, 1.807) is 6.20 Å². The number of pyridine rings is 1. The molecule has 4 nitrogen and oxygen atoms in total. The summed E-state index contributed by atoms with van der Waals surface area (Å²) in [4.78, 5) is 15.2. The van der Waals surface area contributed by atoms with Crippen molar-refractivity contribution >= 4 is 27.6 Å². The van der Waals surface area contributed by atoms with Gasteiger partial charge in [0.1, 0.15) is 0 Å². The molecule has 0 atom stereocenters. The lowest BCUT2D eigenvalue weighted by Crippen LogP contribution is -2.04. The Hall–Kier alpha value is -1.10. The van der Waals surface area contributed by atoms with E-state index in [2.05, 4.69) is 25.7 Å². The maximum Gasteiger partial charge on any atom is 0.305 e. The number of carbonyl (C=O) groups excluding carboxylic acids is 1. The van der Waals surface area contributed by atoms with Crippen LogP contribution in [0.2, 0.25) is 0 Å². The van der Waals surface area contributed by atoms with Gasteiger partial charge >= 0.3 is 5.97 Å². The maximum absolute atomic E-state index is 10.9. The largest absolute Gasteiger partial charge is 0.469 e. The average Bonchev–Trinajstić information content (AvgIpc) is 2.29. The van der Waals surface area contributed by atoms with Crippen LogP contribution >= 0.6 is 15.9 Å². The molecular weight excluding hydrogens is 272 g/mol. The van der Waals surface area contributed by atoms with E-state index in [-0.39, 0.29) is 5.97 Å². The Morgan fingerprint density at radius 3 is 2.94 bits per heavy atom. The molecule has 5 heteroatoms. The summed E-state index contributed by atoms with van der Waals surface area (Å²) >= 11 is 3.37. The monoisotopic (exact) mass is 286 g/mol. The molecule has 0 fully saturated rings. The van der Waals surface area contributed by atoms with Gasteiger partial charge in [-0.05, 0) is 41.3 Å². The summed E-state index contributed by atoms with van der Waals surface area (Å²) < 4.78 is 5.47. The van der Waals surface area contributed by atoms with Gasteiger partial charge in [-0.15, -0.1) is 0 Å². The first-order valence-corrected chi connectivity index (χ1v) is 5.81. The van der Waals surface area contributed by atoms with Crippen LogP contribution in [0.25, 0.3) is 0 Å². The van der Waals surface area contributed by atoms with Crippen molar-refractivity contribution in [3.8, 4) is 0 Å². The summed E-state index contributed by atoms with van der Waals surface area (Å²) in [6.07, 6.45) is 3.52. The van der Waals surface area contributed by atoms with Crippen LogP contribution in [-0.2, 0) is 16.0 Å². The maximum atomic E-state index is 10.9. The van der Waals surface area contributed by atoms with E-state index in [4.69, 9.17) is 5.73 Å². The number of nitrogens with two attached hydrogens (primary N) is 1. The summed E-state index contributed by atoms with van der Waals surface area (Å²) in [6.45, 7) is 1.94. The number of rotatable bonds is 4. The Balaban J connectivity index is 2.61. The molecule has 2 N–H and O–H groups in total. The molecule has 0 aliphatic rings. The normalized spacial score (nSPS) is 10.2. The Labute approximate surface area is 103 Å². The number of carbonyl (C=O) groups is 1. The summed E-state index contributed by atoms with van der Waals surface area (Å²) in [5.41, 5.74) is 8.44. The van der Waals surface area contributed by atoms with Crippen LogP contribution in [0.5, 0.6) is 0 Å². The van der Waals surface area contributed by atoms with Crippen LogP contribution < -0.4 is 5.73 Å². The topological polar surface area (TPSA) is 65.2 Å². The number of ether oxygens (including phenoxy) is 1. The highest BCUT2D eigenvalue weighted by Crippen LogP contribution is 2.24. The van der Waals surface area contributed by atoms with Crippen molar-refractivity contribution in [2.75, 3.05) is 12.8 Å². The molecule has 0 aromatic carbocycles. The number of nitrogens with zero attached hydrogens (tertiary/aromatic N) is 1. The SMILES string of the molecule is COC(=O)CCCc1ncc(Br)c(C)c1N. The van der Waals surface area contributed by atoms with E-state index in [1.807, 2.05) is 6.92 Å². The molecule has 0 radical (unpaired) electrons. The Morgan fingerprint density at radius 2 is 2.31 bits per heavy atom. The summed E-state index contributed by atoms with van der Waals surface area (Å²) in [7, 11) is 1.39. The first-order valence-electron chi connectivity index (χ1n) is 5.02. The lowest BCUT2D eigenvalue weighted by molar-refractivity contribution is -0.140. The molecule has 0 bridgehead atoms. The number of halogens is 1. The number of aryl methyl sites for hydroxylation is 1. The predicted molar refractivity (Wildman–Crippen MR) is 66.0 cm³/mol. The van der Waals surface area contributed by atoms with Gasteiger partial charge in [0.05, 0.1) is 18.5 Å². The Bertz CT molecular complexity index is 394. The zero-order chi connectivity index (χ0) is 12.1. The molecule has 0 saturated carbocycles. The van der Waals surface area contributed by atoms with Crippen LogP contribution in [0.15, 0.2) is 10.7 Å². The van der Waals surface area contributed by atoms with Gasteiger partial charge in [-0.3, -0.25) is 9.78 Å². The highest BCUT2D eigenvalue weighted by Gasteiger charge is 2.08. The Morgan fingerprint density at radius 1 is 1.62 bits per heavy atom. The standard InChI is InChI=1S/C11H15BrN2O2/c1-7-8(12)6-14-9(11(7)13)4-3-5-10(15)16-2/h6H,3-5,13H2,1-2H3. The number of methoxy groups -OCH3 is 1. The van der Waals surface area contributed by atoms with E-state index in [0.29, 0.717) is 24.9 Å². The van der Waals surface area contributed by atoms with E-state index < -0.39 is 0 Å². The van der Waals surface area contributed by atoms with Crippen molar-refractivity contribution in [3.63, 3.8) is 0 Å². The van der Waals surface area contributed by atoms with Crippen molar-refractivity contribution in [2.24, 2.45) is 0 Å². The van der Waals surface area contributed by atoms with Crippen LogP contribution in [0.3, 0.4) is 0 Å². The lowest BCUT2D eigenvalue weighted by Gasteiger charge is -2.08. The number of esters is 1. The second-order valence-electron chi connectivity index (χ2n) is 3.52. The first-order chi connectivity index (χ1) is 7.56. The predicted octanol–water partition coefficient (Wildman–Crippen LogP) is 2.23. The zero-order valence-electron chi connectivity index (χ0n) is 9.42. The fraction of sp³-hybridized carbons (Fsp3) is 0.455. The molecule has 1 rings (SSSR count). The minimum absolute atomic E-state index is 0.201. The highest BCUT2D eigenvalue weighted by molar-refractivity contribution is 9.10. The van der Waals surface area contributed by atoms with E-state index in [9.17, 15) is 4.79 Å². The average molecular weight is 287 g/mol. The molecular formula is C11H15BrN2O2. The molecule has 88 valence electrons. The minimum atomic E-state index is -0.201. The number of nitrogen functional groups attached to an aromatic ring is 1. The quantitative estimate of drug-likeness (QED) is 0.862. The van der Waals surface area contributed by atoms with Crippen molar-refractivity contribution in [1.82, 2.24) is 4.98 Å². The molecule has 0 spiro atoms. The van der Waals surface area contributed by atoms with Crippen LogP contribution in [0.4, 0.5) is 5.69 Å². The van der Waals surface area contributed by atoms with Crippen LogP contribution in [0, 0.1) is 6.92 Å². The molecule has 0 aliphatic heterocycles. The molecule has 0 amide bonds. The van der Waals surface area contributed by atoms with Gasteiger partial charge < -0.3 is 10.5 Å². The molecule has 1 aromatic heterocycles. The lowest BCUT2D eigenvalue weighted by atomic mass is 10.1. The molecule has 0 saturated heterocycles. The van der Waals surface area contributed by atoms with Gasteiger partial charge in [-0.2, -0.15) is 0 Å². The number of anilines is 1. The third kappa shape index (κ3) is 3.20. The third-order valence-electron chi connectivity index (χ3n) is 2.43. The molecule has 1 heterocycles. The first kappa shape index (κ1) is 13.0. The summed E-state index contributed by atoms with van der Waals surface area (Å²) in [6, 6.07) is 0. The van der Waals surface area contributed by atoms with E-state index in [1.165, 1.54) is 7.11 Å². The zero-order valence-corrected chi connectivity index (χ0v) is 11.0. The van der Waals surface area contributed by atoms with Gasteiger partial charge in [0.25, 0.3) is 0 Å². The van der Waals surface area contributed by atoms with Crippen molar-refractivity contribution in [3.05, 3.63) is 21.9 Å². The molecule has 1 aromatic rings. The van der Waals surface area contributed by atoms with Gasteiger partial charge in [-0.1, -0.05) is 0 Å². The fourth-order valence-electron chi connectivity index (χ4n) is 1.35. The van der Waals surface area contributed by atoms with Gasteiger partial charge in [0.15, 0.2) is 0 Å².